The Bertz CT molecular complexity index is 647. The van der Waals surface area contributed by atoms with E-state index in [1.54, 1.807) is 30.3 Å². The molecule has 1 unspecified atom stereocenters. The van der Waals surface area contributed by atoms with Gasteiger partial charge in [0.25, 0.3) is 0 Å². The molecule has 2 aromatic carbocycles. The summed E-state index contributed by atoms with van der Waals surface area (Å²) in [6.07, 6.45) is 0. The standard InChI is InChI=1S/C15H9Br2NO/c16-11-6-7-12(14(17)8-11)15(19)13(9-18)10-4-2-1-3-5-10/h1-8,13H. The second kappa shape index (κ2) is 6.14. The lowest BCUT2D eigenvalue weighted by atomic mass is 9.92. The van der Waals surface area contributed by atoms with Crippen LogP contribution in [0.2, 0.25) is 0 Å². The number of carbonyl (C=O) groups excluding carboxylic acids is 1. The molecule has 0 amide bonds. The number of rotatable bonds is 3. The second-order valence-electron chi connectivity index (χ2n) is 3.96. The van der Waals surface area contributed by atoms with Crippen molar-refractivity contribution in [1.29, 1.82) is 5.26 Å². The molecule has 4 heteroatoms. The molecule has 94 valence electrons. The molecule has 2 aromatic rings. The molecule has 0 fully saturated rings. The van der Waals surface area contributed by atoms with Crippen LogP contribution < -0.4 is 0 Å². The first-order valence-corrected chi connectivity index (χ1v) is 7.16. The van der Waals surface area contributed by atoms with Crippen LogP contribution in [-0.2, 0) is 0 Å². The summed E-state index contributed by atoms with van der Waals surface area (Å²) in [7, 11) is 0. The third-order valence-corrected chi connectivity index (χ3v) is 3.87. The number of carbonyl (C=O) groups is 1. The maximum absolute atomic E-state index is 12.4. The van der Waals surface area contributed by atoms with Gasteiger partial charge in [0.15, 0.2) is 5.78 Å². The number of ketones is 1. The SMILES string of the molecule is N#CC(C(=O)c1ccc(Br)cc1Br)c1ccccc1. The number of benzene rings is 2. The van der Waals surface area contributed by atoms with Crippen LogP contribution in [0.25, 0.3) is 0 Å². The minimum absolute atomic E-state index is 0.201. The smallest absolute Gasteiger partial charge is 0.185 e. The fourth-order valence-corrected chi connectivity index (χ4v) is 3.02. The molecule has 0 aliphatic rings. The van der Waals surface area contributed by atoms with Crippen molar-refractivity contribution in [2.24, 2.45) is 0 Å². The lowest BCUT2D eigenvalue weighted by molar-refractivity contribution is 0.0978. The number of Topliss-reactive ketones (excluding diaryl/α,β-unsaturated/α-hetero) is 1. The molecule has 0 aromatic heterocycles. The zero-order valence-corrected chi connectivity index (χ0v) is 13.0. The van der Waals surface area contributed by atoms with E-state index < -0.39 is 5.92 Å². The van der Waals surface area contributed by atoms with Crippen LogP contribution in [-0.4, -0.2) is 5.78 Å². The van der Waals surface area contributed by atoms with Crippen molar-refractivity contribution < 1.29 is 4.79 Å². The molecule has 2 nitrogen and oxygen atoms in total. The minimum atomic E-state index is -0.779. The van der Waals surface area contributed by atoms with Crippen LogP contribution >= 0.6 is 31.9 Å². The van der Waals surface area contributed by atoms with Crippen LogP contribution in [0.1, 0.15) is 21.8 Å². The first kappa shape index (κ1) is 14.0. The van der Waals surface area contributed by atoms with Gasteiger partial charge in [0.2, 0.25) is 0 Å². The van der Waals surface area contributed by atoms with E-state index in [-0.39, 0.29) is 5.78 Å². The molecule has 0 spiro atoms. The van der Waals surface area contributed by atoms with E-state index in [0.717, 1.165) is 4.47 Å². The number of nitriles is 1. The Balaban J connectivity index is 2.40. The normalized spacial score (nSPS) is 11.6. The van der Waals surface area contributed by atoms with E-state index in [0.29, 0.717) is 15.6 Å². The highest BCUT2D eigenvalue weighted by Gasteiger charge is 2.23. The zero-order chi connectivity index (χ0) is 13.8. The fourth-order valence-electron chi connectivity index (χ4n) is 1.77. The van der Waals surface area contributed by atoms with Crippen LogP contribution in [0.4, 0.5) is 0 Å². The Kier molecular flexibility index (Phi) is 4.52. The summed E-state index contributed by atoms with van der Waals surface area (Å²) in [5.41, 5.74) is 1.23. The Morgan fingerprint density at radius 3 is 2.37 bits per heavy atom. The van der Waals surface area contributed by atoms with Crippen molar-refractivity contribution in [3.8, 4) is 6.07 Å². The maximum Gasteiger partial charge on any atom is 0.185 e. The van der Waals surface area contributed by atoms with Crippen LogP contribution in [0, 0.1) is 11.3 Å². The van der Waals surface area contributed by atoms with Crippen molar-refractivity contribution in [3.05, 3.63) is 68.6 Å². The number of halogens is 2. The van der Waals surface area contributed by atoms with Crippen molar-refractivity contribution in [1.82, 2.24) is 0 Å². The highest BCUT2D eigenvalue weighted by Crippen LogP contribution is 2.27. The number of hydrogen-bond acceptors (Lipinski definition) is 2. The summed E-state index contributed by atoms with van der Waals surface area (Å²) in [6.45, 7) is 0. The third-order valence-electron chi connectivity index (χ3n) is 2.72. The molecule has 0 aliphatic heterocycles. The lowest BCUT2D eigenvalue weighted by Crippen LogP contribution is -2.11. The van der Waals surface area contributed by atoms with Gasteiger partial charge in [-0.2, -0.15) is 5.26 Å². The average molecular weight is 379 g/mol. The van der Waals surface area contributed by atoms with E-state index >= 15 is 0 Å². The molecule has 2 rings (SSSR count). The van der Waals surface area contributed by atoms with Gasteiger partial charge in [0.1, 0.15) is 5.92 Å². The average Bonchev–Trinajstić information content (AvgIpc) is 2.40. The van der Waals surface area contributed by atoms with Gasteiger partial charge in [0.05, 0.1) is 6.07 Å². The fraction of sp³-hybridized carbons (Fsp3) is 0.0667. The molecular formula is C15H9Br2NO. The van der Waals surface area contributed by atoms with Gasteiger partial charge >= 0.3 is 0 Å². The molecule has 0 saturated heterocycles. The maximum atomic E-state index is 12.4. The Morgan fingerprint density at radius 2 is 1.79 bits per heavy atom. The number of hydrogen-bond donors (Lipinski definition) is 0. The van der Waals surface area contributed by atoms with Crippen molar-refractivity contribution in [2.45, 2.75) is 5.92 Å². The van der Waals surface area contributed by atoms with Crippen molar-refractivity contribution >= 4 is 37.6 Å². The summed E-state index contributed by atoms with van der Waals surface area (Å²) in [5, 5.41) is 9.26. The highest BCUT2D eigenvalue weighted by atomic mass is 79.9. The van der Waals surface area contributed by atoms with Gasteiger partial charge in [-0.3, -0.25) is 4.79 Å². The van der Waals surface area contributed by atoms with Crippen LogP contribution in [0.3, 0.4) is 0 Å². The largest absolute Gasteiger partial charge is 0.292 e. The lowest BCUT2D eigenvalue weighted by Gasteiger charge is -2.10. The highest BCUT2D eigenvalue weighted by molar-refractivity contribution is 9.11. The van der Waals surface area contributed by atoms with Gasteiger partial charge in [-0.25, -0.2) is 0 Å². The molecule has 0 radical (unpaired) electrons. The summed E-state index contributed by atoms with van der Waals surface area (Å²) >= 11 is 6.70. The molecule has 1 atom stereocenters. The van der Waals surface area contributed by atoms with E-state index in [9.17, 15) is 10.1 Å². The van der Waals surface area contributed by atoms with Crippen LogP contribution in [0.15, 0.2) is 57.5 Å². The second-order valence-corrected chi connectivity index (χ2v) is 5.73. The monoisotopic (exact) mass is 377 g/mol. The first-order chi connectivity index (χ1) is 9.13. The topological polar surface area (TPSA) is 40.9 Å². The van der Waals surface area contributed by atoms with Crippen LogP contribution in [0.5, 0.6) is 0 Å². The number of nitrogens with zero attached hydrogens (tertiary/aromatic N) is 1. The molecule has 0 bridgehead atoms. The van der Waals surface area contributed by atoms with E-state index in [1.165, 1.54) is 0 Å². The molecule has 19 heavy (non-hydrogen) atoms. The molecular weight excluding hydrogens is 370 g/mol. The van der Waals surface area contributed by atoms with Crippen molar-refractivity contribution in [3.63, 3.8) is 0 Å². The summed E-state index contributed by atoms with van der Waals surface area (Å²) in [4.78, 5) is 12.4. The predicted octanol–water partition coefficient (Wildman–Crippen LogP) is 4.70. The Morgan fingerprint density at radius 1 is 1.11 bits per heavy atom. The zero-order valence-electron chi connectivity index (χ0n) is 9.81. The Hall–Kier alpha value is -1.44. The van der Waals surface area contributed by atoms with Gasteiger partial charge in [-0.05, 0) is 23.8 Å². The molecule has 0 heterocycles. The van der Waals surface area contributed by atoms with Crippen molar-refractivity contribution in [2.75, 3.05) is 0 Å². The van der Waals surface area contributed by atoms with Gasteiger partial charge in [-0.1, -0.05) is 62.2 Å². The van der Waals surface area contributed by atoms with E-state index in [2.05, 4.69) is 37.9 Å². The van der Waals surface area contributed by atoms with Gasteiger partial charge < -0.3 is 0 Å². The van der Waals surface area contributed by atoms with E-state index in [4.69, 9.17) is 0 Å². The third kappa shape index (κ3) is 3.12. The van der Waals surface area contributed by atoms with Gasteiger partial charge in [0, 0.05) is 14.5 Å². The summed E-state index contributed by atoms with van der Waals surface area (Å²) < 4.78 is 1.56. The minimum Gasteiger partial charge on any atom is -0.292 e. The van der Waals surface area contributed by atoms with Gasteiger partial charge in [-0.15, -0.1) is 0 Å². The summed E-state index contributed by atoms with van der Waals surface area (Å²) in [6, 6.07) is 16.5. The predicted molar refractivity (Wildman–Crippen MR) is 81.0 cm³/mol. The first-order valence-electron chi connectivity index (χ1n) is 5.57. The summed E-state index contributed by atoms with van der Waals surface area (Å²) in [5.74, 6) is -0.980. The Labute approximate surface area is 128 Å². The molecule has 0 aliphatic carbocycles. The van der Waals surface area contributed by atoms with E-state index in [1.807, 2.05) is 18.2 Å². The quantitative estimate of drug-likeness (QED) is 0.726. The molecule has 0 N–H and O–H groups in total. The molecule has 0 saturated carbocycles.